The molecular weight excluding hydrogens is 280 g/mol. The number of carbonyl (C=O) groups is 1. The SMILES string of the molecule is COc1ccc(OC)c(CNC(=O)NCc2ccccc2)c1. The van der Waals surface area contributed by atoms with E-state index in [2.05, 4.69) is 10.6 Å². The Morgan fingerprint density at radius 2 is 1.68 bits per heavy atom. The Balaban J connectivity index is 1.88. The van der Waals surface area contributed by atoms with E-state index in [0.717, 1.165) is 16.9 Å². The van der Waals surface area contributed by atoms with Gasteiger partial charge in [-0.15, -0.1) is 0 Å². The standard InChI is InChI=1S/C17H20N2O3/c1-21-15-8-9-16(22-2)14(10-15)12-19-17(20)18-11-13-6-4-3-5-7-13/h3-10H,11-12H2,1-2H3,(H2,18,19,20). The number of hydrogen-bond donors (Lipinski definition) is 2. The number of benzene rings is 2. The van der Waals surface area contributed by atoms with E-state index in [4.69, 9.17) is 9.47 Å². The number of urea groups is 1. The van der Waals surface area contributed by atoms with Crippen molar-refractivity contribution in [1.29, 1.82) is 0 Å². The van der Waals surface area contributed by atoms with Gasteiger partial charge in [0.2, 0.25) is 0 Å². The Hall–Kier alpha value is -2.69. The Morgan fingerprint density at radius 1 is 0.955 bits per heavy atom. The number of rotatable bonds is 6. The third-order valence-electron chi connectivity index (χ3n) is 3.22. The molecule has 2 N–H and O–H groups in total. The molecule has 22 heavy (non-hydrogen) atoms. The molecule has 116 valence electrons. The molecule has 0 heterocycles. The van der Waals surface area contributed by atoms with Crippen LogP contribution in [0, 0.1) is 0 Å². The van der Waals surface area contributed by atoms with Gasteiger partial charge in [-0.25, -0.2) is 4.79 Å². The smallest absolute Gasteiger partial charge is 0.315 e. The van der Waals surface area contributed by atoms with E-state index in [9.17, 15) is 4.79 Å². The fourth-order valence-electron chi connectivity index (χ4n) is 2.04. The third-order valence-corrected chi connectivity index (χ3v) is 3.22. The van der Waals surface area contributed by atoms with Crippen molar-refractivity contribution in [3.05, 3.63) is 59.7 Å². The molecule has 0 bridgehead atoms. The Labute approximate surface area is 130 Å². The van der Waals surface area contributed by atoms with E-state index in [1.165, 1.54) is 0 Å². The maximum Gasteiger partial charge on any atom is 0.315 e. The van der Waals surface area contributed by atoms with E-state index >= 15 is 0 Å². The van der Waals surface area contributed by atoms with Gasteiger partial charge in [0.25, 0.3) is 0 Å². The topological polar surface area (TPSA) is 59.6 Å². The number of nitrogens with one attached hydrogen (secondary N) is 2. The molecule has 0 unspecified atom stereocenters. The first-order valence-electron chi connectivity index (χ1n) is 6.99. The molecule has 2 aromatic carbocycles. The summed E-state index contributed by atoms with van der Waals surface area (Å²) in [5.74, 6) is 1.44. The summed E-state index contributed by atoms with van der Waals surface area (Å²) >= 11 is 0. The van der Waals surface area contributed by atoms with Crippen LogP contribution in [0.15, 0.2) is 48.5 Å². The Morgan fingerprint density at radius 3 is 2.36 bits per heavy atom. The molecule has 2 amide bonds. The lowest BCUT2D eigenvalue weighted by Gasteiger charge is -2.12. The molecule has 0 atom stereocenters. The predicted molar refractivity (Wildman–Crippen MR) is 85.1 cm³/mol. The maximum absolute atomic E-state index is 11.8. The maximum atomic E-state index is 11.8. The highest BCUT2D eigenvalue weighted by Crippen LogP contribution is 2.23. The first kappa shape index (κ1) is 15.7. The minimum Gasteiger partial charge on any atom is -0.497 e. The predicted octanol–water partition coefficient (Wildman–Crippen LogP) is 2.70. The fourth-order valence-corrected chi connectivity index (χ4v) is 2.04. The molecule has 0 aliphatic rings. The third kappa shape index (κ3) is 4.41. The van der Waals surface area contributed by atoms with Crippen LogP contribution in [0.5, 0.6) is 11.5 Å². The van der Waals surface area contributed by atoms with Crippen molar-refractivity contribution >= 4 is 6.03 Å². The molecule has 0 aliphatic heterocycles. The molecule has 2 aromatic rings. The van der Waals surface area contributed by atoms with Gasteiger partial charge < -0.3 is 20.1 Å². The minimum absolute atomic E-state index is 0.228. The Kier molecular flexibility index (Phi) is 5.65. The molecule has 0 fully saturated rings. The zero-order valence-corrected chi connectivity index (χ0v) is 12.8. The number of hydrogen-bond acceptors (Lipinski definition) is 3. The van der Waals surface area contributed by atoms with E-state index in [-0.39, 0.29) is 6.03 Å². The quantitative estimate of drug-likeness (QED) is 0.862. The molecule has 2 rings (SSSR count). The van der Waals surface area contributed by atoms with Gasteiger partial charge in [-0.05, 0) is 23.8 Å². The number of amides is 2. The second kappa shape index (κ2) is 7.93. The molecule has 0 saturated heterocycles. The fraction of sp³-hybridized carbons (Fsp3) is 0.235. The lowest BCUT2D eigenvalue weighted by molar-refractivity contribution is 0.240. The lowest BCUT2D eigenvalue weighted by Crippen LogP contribution is -2.34. The summed E-state index contributed by atoms with van der Waals surface area (Å²) in [6.45, 7) is 0.850. The van der Waals surface area contributed by atoms with Gasteiger partial charge in [0.15, 0.2) is 0 Å². The average Bonchev–Trinajstić information content (AvgIpc) is 2.58. The molecule has 0 saturated carbocycles. The lowest BCUT2D eigenvalue weighted by atomic mass is 10.2. The van der Waals surface area contributed by atoms with Crippen LogP contribution >= 0.6 is 0 Å². The molecule has 0 radical (unpaired) electrons. The molecule has 5 heteroatoms. The molecule has 0 aliphatic carbocycles. The van der Waals surface area contributed by atoms with Gasteiger partial charge >= 0.3 is 6.03 Å². The van der Waals surface area contributed by atoms with Gasteiger partial charge in [-0.3, -0.25) is 0 Å². The van der Waals surface area contributed by atoms with Crippen molar-refractivity contribution in [2.24, 2.45) is 0 Å². The first-order valence-corrected chi connectivity index (χ1v) is 6.99. The summed E-state index contributed by atoms with van der Waals surface area (Å²) < 4.78 is 10.5. The second-order valence-corrected chi connectivity index (χ2v) is 4.70. The van der Waals surface area contributed by atoms with Gasteiger partial charge in [-0.1, -0.05) is 30.3 Å². The van der Waals surface area contributed by atoms with Crippen LogP contribution in [0.3, 0.4) is 0 Å². The van der Waals surface area contributed by atoms with Crippen LogP contribution in [0.4, 0.5) is 4.79 Å². The van der Waals surface area contributed by atoms with Crippen molar-refractivity contribution in [1.82, 2.24) is 10.6 Å². The van der Waals surface area contributed by atoms with Gasteiger partial charge in [0.05, 0.1) is 14.2 Å². The van der Waals surface area contributed by atoms with Crippen molar-refractivity contribution < 1.29 is 14.3 Å². The highest BCUT2D eigenvalue weighted by molar-refractivity contribution is 5.73. The highest BCUT2D eigenvalue weighted by Gasteiger charge is 2.07. The van der Waals surface area contributed by atoms with Crippen LogP contribution in [0.2, 0.25) is 0 Å². The normalized spacial score (nSPS) is 9.91. The van der Waals surface area contributed by atoms with Crippen molar-refractivity contribution in [3.63, 3.8) is 0 Å². The van der Waals surface area contributed by atoms with Crippen molar-refractivity contribution in [2.75, 3.05) is 14.2 Å². The number of carbonyl (C=O) groups excluding carboxylic acids is 1. The van der Waals surface area contributed by atoms with Gasteiger partial charge in [0, 0.05) is 18.7 Å². The van der Waals surface area contributed by atoms with Crippen molar-refractivity contribution in [3.8, 4) is 11.5 Å². The molecule has 5 nitrogen and oxygen atoms in total. The van der Waals surface area contributed by atoms with E-state index in [1.807, 2.05) is 48.5 Å². The van der Waals surface area contributed by atoms with Crippen LogP contribution in [0.1, 0.15) is 11.1 Å². The summed E-state index contributed by atoms with van der Waals surface area (Å²) in [6.07, 6.45) is 0. The van der Waals surface area contributed by atoms with E-state index in [1.54, 1.807) is 14.2 Å². The van der Waals surface area contributed by atoms with E-state index in [0.29, 0.717) is 18.8 Å². The molecule has 0 aromatic heterocycles. The van der Waals surface area contributed by atoms with Gasteiger partial charge in [0.1, 0.15) is 11.5 Å². The zero-order chi connectivity index (χ0) is 15.8. The molecular formula is C17H20N2O3. The summed E-state index contributed by atoms with van der Waals surface area (Å²) in [7, 11) is 3.20. The van der Waals surface area contributed by atoms with Crippen LogP contribution < -0.4 is 20.1 Å². The zero-order valence-electron chi connectivity index (χ0n) is 12.8. The summed E-state index contributed by atoms with van der Waals surface area (Å²) in [5.41, 5.74) is 1.91. The summed E-state index contributed by atoms with van der Waals surface area (Å²) in [6, 6.07) is 15.0. The number of ether oxygens (including phenoxy) is 2. The second-order valence-electron chi connectivity index (χ2n) is 4.70. The molecule has 0 spiro atoms. The number of methoxy groups -OCH3 is 2. The van der Waals surface area contributed by atoms with Crippen LogP contribution in [-0.4, -0.2) is 20.3 Å². The minimum atomic E-state index is -0.228. The Bertz CT molecular complexity index is 615. The van der Waals surface area contributed by atoms with Gasteiger partial charge in [-0.2, -0.15) is 0 Å². The van der Waals surface area contributed by atoms with Crippen LogP contribution in [0.25, 0.3) is 0 Å². The average molecular weight is 300 g/mol. The van der Waals surface area contributed by atoms with Crippen molar-refractivity contribution in [2.45, 2.75) is 13.1 Å². The largest absolute Gasteiger partial charge is 0.497 e. The summed E-state index contributed by atoms with van der Waals surface area (Å²) in [4.78, 5) is 11.8. The van der Waals surface area contributed by atoms with E-state index < -0.39 is 0 Å². The summed E-state index contributed by atoms with van der Waals surface area (Å²) in [5, 5.41) is 5.62. The first-order chi connectivity index (χ1) is 10.7. The monoisotopic (exact) mass is 300 g/mol. The van der Waals surface area contributed by atoms with Crippen LogP contribution in [-0.2, 0) is 13.1 Å². The highest BCUT2D eigenvalue weighted by atomic mass is 16.5.